The Bertz CT molecular complexity index is 591. The molecule has 2 aromatic rings. The van der Waals surface area contributed by atoms with Crippen molar-refractivity contribution in [1.82, 2.24) is 0 Å². The van der Waals surface area contributed by atoms with Crippen LogP contribution >= 0.6 is 0 Å². The van der Waals surface area contributed by atoms with E-state index in [1.165, 1.54) is 0 Å². The molecule has 3 heteroatoms. The Morgan fingerprint density at radius 1 is 1.06 bits per heavy atom. The molecular weight excluding hydrogens is 226 g/mol. The molecule has 0 aliphatic heterocycles. The van der Waals surface area contributed by atoms with Gasteiger partial charge in [-0.2, -0.15) is 0 Å². The number of carboxylic acid groups (broad SMARTS) is 1. The minimum atomic E-state index is -0.950. The van der Waals surface area contributed by atoms with Gasteiger partial charge in [0.25, 0.3) is 0 Å². The molecule has 0 amide bonds. The number of aromatic carboxylic acids is 1. The second-order valence-corrected chi connectivity index (χ2v) is 3.77. The number of carboxylic acids is 1. The van der Waals surface area contributed by atoms with Gasteiger partial charge in [0.15, 0.2) is 0 Å². The summed E-state index contributed by atoms with van der Waals surface area (Å²) in [4.78, 5) is 11.1. The van der Waals surface area contributed by atoms with E-state index in [0.29, 0.717) is 5.69 Å². The van der Waals surface area contributed by atoms with Crippen molar-refractivity contribution in [2.24, 2.45) is 0 Å². The van der Waals surface area contributed by atoms with Crippen molar-refractivity contribution in [3.05, 3.63) is 66.2 Å². The Morgan fingerprint density at radius 3 is 2.33 bits per heavy atom. The lowest BCUT2D eigenvalue weighted by molar-refractivity contribution is 0.0698. The van der Waals surface area contributed by atoms with E-state index < -0.39 is 5.97 Å². The maximum Gasteiger partial charge on any atom is 0.337 e. The highest BCUT2D eigenvalue weighted by Gasteiger charge is 2.09. The summed E-state index contributed by atoms with van der Waals surface area (Å²) in [6, 6.07) is 14.4. The molecule has 3 nitrogen and oxygen atoms in total. The highest BCUT2D eigenvalue weighted by Crippen LogP contribution is 2.24. The smallest absolute Gasteiger partial charge is 0.337 e. The molecule has 0 bridgehead atoms. The predicted octanol–water partition coefficient (Wildman–Crippen LogP) is 3.77. The molecule has 2 rings (SSSR count). The summed E-state index contributed by atoms with van der Waals surface area (Å²) in [6.45, 7) is 3.73. The summed E-state index contributed by atoms with van der Waals surface area (Å²) in [6.07, 6.45) is 1.73. The van der Waals surface area contributed by atoms with Gasteiger partial charge in [0.2, 0.25) is 0 Å². The zero-order valence-electron chi connectivity index (χ0n) is 9.76. The van der Waals surface area contributed by atoms with Gasteiger partial charge >= 0.3 is 5.97 Å². The van der Waals surface area contributed by atoms with Crippen LogP contribution in [0.15, 0.2) is 55.1 Å². The molecule has 0 saturated heterocycles. The number of benzene rings is 2. The second kappa shape index (κ2) is 5.19. The van der Waals surface area contributed by atoms with E-state index in [0.717, 1.165) is 11.3 Å². The van der Waals surface area contributed by atoms with Crippen LogP contribution in [0.2, 0.25) is 0 Å². The van der Waals surface area contributed by atoms with Crippen LogP contribution in [-0.4, -0.2) is 11.1 Å². The van der Waals surface area contributed by atoms with Crippen LogP contribution in [0, 0.1) is 0 Å². The molecular formula is C15H13NO2. The highest BCUT2D eigenvalue weighted by atomic mass is 16.4. The van der Waals surface area contributed by atoms with Gasteiger partial charge in [-0.15, -0.1) is 0 Å². The van der Waals surface area contributed by atoms with Crippen molar-refractivity contribution in [2.45, 2.75) is 0 Å². The normalized spacial score (nSPS) is 9.78. The van der Waals surface area contributed by atoms with E-state index in [9.17, 15) is 4.79 Å². The number of carbonyl (C=O) groups is 1. The van der Waals surface area contributed by atoms with E-state index in [-0.39, 0.29) is 5.56 Å². The molecule has 0 radical (unpaired) electrons. The quantitative estimate of drug-likeness (QED) is 0.853. The third-order valence-corrected chi connectivity index (χ3v) is 2.61. The van der Waals surface area contributed by atoms with Gasteiger partial charge in [0, 0.05) is 5.69 Å². The molecule has 0 aliphatic carbocycles. The molecule has 0 saturated carbocycles. The Morgan fingerprint density at radius 2 is 1.67 bits per heavy atom. The maximum atomic E-state index is 11.1. The molecule has 0 atom stereocenters. The van der Waals surface area contributed by atoms with E-state index in [2.05, 4.69) is 11.9 Å². The van der Waals surface area contributed by atoms with Gasteiger partial charge in [-0.25, -0.2) is 4.79 Å². The number of rotatable bonds is 4. The minimum absolute atomic E-state index is 0.247. The van der Waals surface area contributed by atoms with Crippen LogP contribution in [0.3, 0.4) is 0 Å². The first-order chi connectivity index (χ1) is 8.72. The fourth-order valence-corrected chi connectivity index (χ4v) is 1.71. The predicted molar refractivity (Wildman–Crippen MR) is 73.2 cm³/mol. The van der Waals surface area contributed by atoms with Gasteiger partial charge in [-0.05, 0) is 23.8 Å². The molecule has 0 unspecified atom stereocenters. The van der Waals surface area contributed by atoms with Crippen LogP contribution in [0.5, 0.6) is 0 Å². The van der Waals surface area contributed by atoms with Crippen LogP contribution in [0.4, 0.5) is 11.4 Å². The van der Waals surface area contributed by atoms with Crippen molar-refractivity contribution in [3.63, 3.8) is 0 Å². The Hall–Kier alpha value is -2.55. The fourth-order valence-electron chi connectivity index (χ4n) is 1.71. The lowest BCUT2D eigenvalue weighted by Crippen LogP contribution is -2.02. The molecule has 2 aromatic carbocycles. The summed E-state index contributed by atoms with van der Waals surface area (Å²) in [5.41, 5.74) is 2.58. The van der Waals surface area contributed by atoms with Crippen molar-refractivity contribution < 1.29 is 9.90 Å². The van der Waals surface area contributed by atoms with E-state index in [1.54, 1.807) is 30.3 Å². The zero-order chi connectivity index (χ0) is 13.0. The Balaban J connectivity index is 2.40. The van der Waals surface area contributed by atoms with Crippen LogP contribution in [-0.2, 0) is 0 Å². The SMILES string of the molecule is C=Cc1ccccc1Nc1ccccc1C(=O)O. The van der Waals surface area contributed by atoms with Crippen molar-refractivity contribution in [2.75, 3.05) is 5.32 Å². The summed E-state index contributed by atoms with van der Waals surface area (Å²) in [7, 11) is 0. The second-order valence-electron chi connectivity index (χ2n) is 3.77. The third-order valence-electron chi connectivity index (χ3n) is 2.61. The fraction of sp³-hybridized carbons (Fsp3) is 0. The third kappa shape index (κ3) is 2.40. The van der Waals surface area contributed by atoms with Crippen LogP contribution in [0.25, 0.3) is 6.08 Å². The number of hydrogen-bond acceptors (Lipinski definition) is 2. The van der Waals surface area contributed by atoms with Crippen LogP contribution < -0.4 is 5.32 Å². The molecule has 0 fully saturated rings. The van der Waals surface area contributed by atoms with Gasteiger partial charge in [0.1, 0.15) is 0 Å². The topological polar surface area (TPSA) is 49.3 Å². The van der Waals surface area contributed by atoms with Crippen molar-refractivity contribution in [3.8, 4) is 0 Å². The summed E-state index contributed by atoms with van der Waals surface area (Å²) in [5, 5.41) is 12.2. The molecule has 0 aliphatic rings. The standard InChI is InChI=1S/C15H13NO2/c1-2-11-7-3-5-9-13(11)16-14-10-6-4-8-12(14)15(17)18/h2-10,16H,1H2,(H,17,18). The summed E-state index contributed by atoms with van der Waals surface area (Å²) in [5.74, 6) is -0.950. The largest absolute Gasteiger partial charge is 0.478 e. The van der Waals surface area contributed by atoms with Crippen LogP contribution in [0.1, 0.15) is 15.9 Å². The average Bonchev–Trinajstić information content (AvgIpc) is 2.40. The van der Waals surface area contributed by atoms with E-state index >= 15 is 0 Å². The molecule has 0 aromatic heterocycles. The van der Waals surface area contributed by atoms with Gasteiger partial charge in [-0.1, -0.05) is 43.0 Å². The van der Waals surface area contributed by atoms with E-state index in [4.69, 9.17) is 5.11 Å². The molecule has 0 spiro atoms. The number of hydrogen-bond donors (Lipinski definition) is 2. The number of para-hydroxylation sites is 2. The van der Waals surface area contributed by atoms with Crippen molar-refractivity contribution >= 4 is 23.4 Å². The minimum Gasteiger partial charge on any atom is -0.478 e. The summed E-state index contributed by atoms with van der Waals surface area (Å²) < 4.78 is 0. The van der Waals surface area contributed by atoms with E-state index in [1.807, 2.05) is 24.3 Å². The Kier molecular flexibility index (Phi) is 3.44. The first-order valence-corrected chi connectivity index (χ1v) is 5.53. The zero-order valence-corrected chi connectivity index (χ0v) is 9.76. The monoisotopic (exact) mass is 239 g/mol. The molecule has 90 valence electrons. The Labute approximate surface area is 105 Å². The van der Waals surface area contributed by atoms with Crippen molar-refractivity contribution in [1.29, 1.82) is 0 Å². The lowest BCUT2D eigenvalue weighted by atomic mass is 10.1. The lowest BCUT2D eigenvalue weighted by Gasteiger charge is -2.11. The summed E-state index contributed by atoms with van der Waals surface area (Å²) >= 11 is 0. The first-order valence-electron chi connectivity index (χ1n) is 5.53. The van der Waals surface area contributed by atoms with Gasteiger partial charge in [0.05, 0.1) is 11.3 Å². The molecule has 2 N–H and O–H groups in total. The average molecular weight is 239 g/mol. The van der Waals surface area contributed by atoms with Gasteiger partial charge in [-0.3, -0.25) is 0 Å². The first kappa shape index (κ1) is 11.9. The molecule has 0 heterocycles. The number of nitrogens with one attached hydrogen (secondary N) is 1. The number of anilines is 2. The van der Waals surface area contributed by atoms with Gasteiger partial charge < -0.3 is 10.4 Å². The molecule has 18 heavy (non-hydrogen) atoms. The highest BCUT2D eigenvalue weighted by molar-refractivity contribution is 5.95. The maximum absolute atomic E-state index is 11.1.